The van der Waals surface area contributed by atoms with E-state index in [1.54, 1.807) is 10.8 Å². The molecule has 0 bridgehead atoms. The normalized spacial score (nSPS) is 10.7. The molecule has 0 aliphatic rings. The second kappa shape index (κ2) is 6.98. The fourth-order valence-electron chi connectivity index (χ4n) is 2.45. The summed E-state index contributed by atoms with van der Waals surface area (Å²) in [5.41, 5.74) is 8.00. The van der Waals surface area contributed by atoms with Gasteiger partial charge in [0.2, 0.25) is 5.95 Å². The fourth-order valence-corrected chi connectivity index (χ4v) is 2.45. The zero-order chi connectivity index (χ0) is 16.9. The highest BCUT2D eigenvalue weighted by Crippen LogP contribution is 2.13. The molecule has 24 heavy (non-hydrogen) atoms. The molecule has 7 nitrogen and oxygen atoms in total. The number of hydrogen-bond donors (Lipinski definition) is 3. The molecule has 0 aliphatic heterocycles. The van der Waals surface area contributed by atoms with Crippen LogP contribution in [0, 0.1) is 12.3 Å². The number of rotatable bonds is 6. The molecular weight excluding hydrogens is 304 g/mol. The maximum absolute atomic E-state index is 12.3. The van der Waals surface area contributed by atoms with Crippen molar-refractivity contribution in [1.82, 2.24) is 19.5 Å². The molecule has 0 spiro atoms. The minimum Gasteiger partial charge on any atom is -0.354 e. The van der Waals surface area contributed by atoms with Crippen molar-refractivity contribution < 1.29 is 0 Å². The molecule has 0 radical (unpaired) electrons. The minimum atomic E-state index is -0.245. The number of nitrogens with two attached hydrogens (primary N) is 1. The number of hydrogen-bond acceptors (Lipinski definition) is 5. The van der Waals surface area contributed by atoms with Crippen LogP contribution >= 0.6 is 0 Å². The Bertz CT molecular complexity index is 950. The van der Waals surface area contributed by atoms with Crippen molar-refractivity contribution in [3.05, 3.63) is 52.1 Å². The number of H-pyrrole nitrogens is 1. The van der Waals surface area contributed by atoms with Crippen LogP contribution in [0.25, 0.3) is 11.2 Å². The van der Waals surface area contributed by atoms with Gasteiger partial charge in [-0.2, -0.15) is 4.98 Å². The van der Waals surface area contributed by atoms with E-state index in [0.717, 1.165) is 17.5 Å². The van der Waals surface area contributed by atoms with Crippen LogP contribution in [0.4, 0.5) is 5.95 Å². The number of nitrogens with zero attached hydrogens (tertiary/aromatic N) is 3. The Morgan fingerprint density at radius 1 is 1.38 bits per heavy atom. The molecule has 0 unspecified atom stereocenters. The molecule has 2 aromatic heterocycles. The topological polar surface area (TPSA) is 102 Å². The maximum Gasteiger partial charge on any atom is 0.328 e. The summed E-state index contributed by atoms with van der Waals surface area (Å²) in [6.45, 7) is 1.61. The minimum absolute atomic E-state index is 0.245. The first-order chi connectivity index (χ1) is 11.7. The van der Waals surface area contributed by atoms with Crippen LogP contribution in [0.3, 0.4) is 0 Å². The van der Waals surface area contributed by atoms with Crippen molar-refractivity contribution in [1.29, 1.82) is 0 Å². The number of anilines is 1. The van der Waals surface area contributed by atoms with Crippen molar-refractivity contribution in [2.24, 2.45) is 5.73 Å². The molecule has 0 saturated carbocycles. The van der Waals surface area contributed by atoms with Crippen molar-refractivity contribution in [2.45, 2.75) is 13.0 Å². The van der Waals surface area contributed by atoms with E-state index in [1.165, 1.54) is 0 Å². The van der Waals surface area contributed by atoms with Gasteiger partial charge < -0.3 is 16.0 Å². The van der Waals surface area contributed by atoms with E-state index in [2.05, 4.69) is 26.2 Å². The highest BCUT2D eigenvalue weighted by atomic mass is 16.1. The van der Waals surface area contributed by atoms with Crippen LogP contribution in [0.5, 0.6) is 0 Å². The number of fused-ring (bicyclic) bond motifs is 1. The lowest BCUT2D eigenvalue weighted by Gasteiger charge is -2.07. The highest BCUT2D eigenvalue weighted by Gasteiger charge is 2.11. The fraction of sp³-hybridized carbons (Fsp3) is 0.235. The Hall–Kier alpha value is -3.11. The van der Waals surface area contributed by atoms with Crippen molar-refractivity contribution in [3.8, 4) is 12.3 Å². The monoisotopic (exact) mass is 322 g/mol. The summed E-state index contributed by atoms with van der Waals surface area (Å²) in [7, 11) is 0. The van der Waals surface area contributed by atoms with E-state index in [4.69, 9.17) is 12.2 Å². The zero-order valence-corrected chi connectivity index (χ0v) is 13.1. The highest BCUT2D eigenvalue weighted by molar-refractivity contribution is 5.71. The molecule has 122 valence electrons. The first-order valence-electron chi connectivity index (χ1n) is 7.67. The Morgan fingerprint density at radius 2 is 2.21 bits per heavy atom. The first kappa shape index (κ1) is 15.8. The average molecular weight is 322 g/mol. The summed E-state index contributed by atoms with van der Waals surface area (Å²) in [6, 6.07) is 7.52. The Balaban J connectivity index is 1.97. The Kier molecular flexibility index (Phi) is 4.59. The van der Waals surface area contributed by atoms with E-state index in [-0.39, 0.29) is 5.69 Å². The van der Waals surface area contributed by atoms with Gasteiger partial charge in [-0.05, 0) is 24.6 Å². The average Bonchev–Trinajstić information content (AvgIpc) is 2.91. The van der Waals surface area contributed by atoms with E-state index >= 15 is 0 Å². The summed E-state index contributed by atoms with van der Waals surface area (Å²) in [5, 5.41) is 3.10. The van der Waals surface area contributed by atoms with Crippen LogP contribution in [0.15, 0.2) is 35.3 Å². The van der Waals surface area contributed by atoms with Gasteiger partial charge in [0.1, 0.15) is 5.52 Å². The Labute approximate surface area is 138 Å². The van der Waals surface area contributed by atoms with Crippen LogP contribution < -0.4 is 16.7 Å². The molecule has 0 atom stereocenters. The number of benzene rings is 1. The van der Waals surface area contributed by atoms with Gasteiger partial charge >= 0.3 is 5.69 Å². The van der Waals surface area contributed by atoms with Crippen LogP contribution in [0.1, 0.15) is 17.5 Å². The zero-order valence-electron chi connectivity index (χ0n) is 13.1. The number of nitrogens with one attached hydrogen (secondary N) is 2. The van der Waals surface area contributed by atoms with Gasteiger partial charge in [0.25, 0.3) is 0 Å². The molecule has 7 heteroatoms. The van der Waals surface area contributed by atoms with Gasteiger partial charge in [0.05, 0.1) is 12.7 Å². The van der Waals surface area contributed by atoms with Gasteiger partial charge in [0.15, 0.2) is 5.65 Å². The quantitative estimate of drug-likeness (QED) is 0.462. The Morgan fingerprint density at radius 3 is 3.00 bits per heavy atom. The molecule has 2 heterocycles. The third-order valence-corrected chi connectivity index (χ3v) is 3.68. The summed E-state index contributed by atoms with van der Waals surface area (Å²) >= 11 is 0. The third kappa shape index (κ3) is 3.14. The van der Waals surface area contributed by atoms with Crippen LogP contribution in [-0.2, 0) is 6.54 Å². The van der Waals surface area contributed by atoms with Crippen molar-refractivity contribution in [2.75, 3.05) is 18.4 Å². The van der Waals surface area contributed by atoms with E-state index in [0.29, 0.717) is 36.7 Å². The van der Waals surface area contributed by atoms with Gasteiger partial charge in [-0.3, -0.25) is 4.57 Å². The second-order valence-corrected chi connectivity index (χ2v) is 5.32. The molecule has 0 aliphatic carbocycles. The summed E-state index contributed by atoms with van der Waals surface area (Å²) in [4.78, 5) is 23.7. The lowest BCUT2D eigenvalue weighted by atomic mass is 10.1. The molecule has 1 aromatic carbocycles. The van der Waals surface area contributed by atoms with Gasteiger partial charge in [-0.25, -0.2) is 9.78 Å². The largest absolute Gasteiger partial charge is 0.354 e. The molecule has 3 rings (SSSR count). The van der Waals surface area contributed by atoms with E-state index in [9.17, 15) is 4.79 Å². The predicted octanol–water partition coefficient (Wildman–Crippen LogP) is 0.910. The number of aromatic nitrogens is 4. The molecule has 0 amide bonds. The lowest BCUT2D eigenvalue weighted by Crippen LogP contribution is -2.18. The third-order valence-electron chi connectivity index (χ3n) is 3.68. The van der Waals surface area contributed by atoms with Gasteiger partial charge in [-0.15, -0.1) is 6.42 Å². The van der Waals surface area contributed by atoms with Gasteiger partial charge in [0, 0.05) is 12.1 Å². The molecule has 4 N–H and O–H groups in total. The first-order valence-corrected chi connectivity index (χ1v) is 7.67. The molecule has 3 aromatic rings. The predicted molar refractivity (Wildman–Crippen MR) is 93.8 cm³/mol. The van der Waals surface area contributed by atoms with Crippen molar-refractivity contribution in [3.63, 3.8) is 0 Å². The number of imidazole rings is 1. The van der Waals surface area contributed by atoms with Gasteiger partial charge in [-0.1, -0.05) is 24.1 Å². The molecule has 0 fully saturated rings. The van der Waals surface area contributed by atoms with Crippen molar-refractivity contribution >= 4 is 17.1 Å². The smallest absolute Gasteiger partial charge is 0.328 e. The van der Waals surface area contributed by atoms with E-state index in [1.807, 2.05) is 24.3 Å². The number of aromatic amines is 1. The molecular formula is C17H18N6O. The summed E-state index contributed by atoms with van der Waals surface area (Å²) in [6.07, 6.45) is 7.94. The summed E-state index contributed by atoms with van der Waals surface area (Å²) < 4.78 is 1.56. The maximum atomic E-state index is 12.3. The lowest BCUT2D eigenvalue weighted by molar-refractivity contribution is 0.775. The summed E-state index contributed by atoms with van der Waals surface area (Å²) in [5.74, 6) is 3.11. The SMILES string of the molecule is C#Cc1ccccc1Cn1c(=O)[nH]c2cnc(NCCCN)nc21. The van der Waals surface area contributed by atoms with Crippen LogP contribution in [0.2, 0.25) is 0 Å². The number of terminal acetylenes is 1. The second-order valence-electron chi connectivity index (χ2n) is 5.32. The van der Waals surface area contributed by atoms with Crippen LogP contribution in [-0.4, -0.2) is 32.6 Å². The standard InChI is InChI=1S/C17H18N6O/c1-2-12-6-3-4-7-13(12)11-23-15-14(21-17(23)24)10-20-16(22-15)19-9-5-8-18/h1,3-4,6-7,10H,5,8-9,11,18H2,(H,21,24)(H,19,20,22). The molecule has 0 saturated heterocycles. The van der Waals surface area contributed by atoms with E-state index < -0.39 is 0 Å².